The van der Waals surface area contributed by atoms with Crippen molar-refractivity contribution in [3.63, 3.8) is 0 Å². The number of halogens is 1. The summed E-state index contributed by atoms with van der Waals surface area (Å²) < 4.78 is 15.0. The zero-order valence-electron chi connectivity index (χ0n) is 12.2. The van der Waals surface area contributed by atoms with Crippen LogP contribution in [0.15, 0.2) is 24.3 Å². The van der Waals surface area contributed by atoms with Crippen LogP contribution >= 0.6 is 0 Å². The number of hydrogen-bond acceptors (Lipinski definition) is 3. The number of anilines is 2. The van der Waals surface area contributed by atoms with E-state index < -0.39 is 0 Å². The Hall–Kier alpha value is -1.88. The van der Waals surface area contributed by atoms with Crippen LogP contribution in [0.3, 0.4) is 0 Å². The first-order chi connectivity index (χ1) is 9.58. The number of aryl methyl sites for hydroxylation is 2. The fraction of sp³-hybridized carbons (Fsp3) is 0.400. The van der Waals surface area contributed by atoms with E-state index >= 15 is 0 Å². The highest BCUT2D eigenvalue weighted by Crippen LogP contribution is 2.30. The van der Waals surface area contributed by atoms with Crippen molar-refractivity contribution < 1.29 is 4.39 Å². The Morgan fingerprint density at radius 3 is 2.50 bits per heavy atom. The molecule has 108 valence electrons. The van der Waals surface area contributed by atoms with E-state index in [4.69, 9.17) is 5.73 Å². The van der Waals surface area contributed by atoms with Crippen molar-refractivity contribution >= 4 is 11.5 Å². The maximum Gasteiger partial charge on any atom is 0.134 e. The summed E-state index contributed by atoms with van der Waals surface area (Å²) >= 11 is 0. The lowest BCUT2D eigenvalue weighted by atomic mass is 10.1. The molecule has 2 N–H and O–H groups in total. The normalized spacial score (nSPS) is 10.8. The predicted octanol–water partition coefficient (Wildman–Crippen LogP) is 2.53. The van der Waals surface area contributed by atoms with Crippen molar-refractivity contribution in [3.05, 3.63) is 41.3 Å². The lowest BCUT2D eigenvalue weighted by Gasteiger charge is -2.24. The number of rotatable bonds is 5. The van der Waals surface area contributed by atoms with E-state index in [-0.39, 0.29) is 5.82 Å². The molecule has 0 spiro atoms. The van der Waals surface area contributed by atoms with E-state index in [0.717, 1.165) is 35.7 Å². The molecule has 4 nitrogen and oxygen atoms in total. The van der Waals surface area contributed by atoms with E-state index in [2.05, 4.69) is 16.9 Å². The van der Waals surface area contributed by atoms with Crippen molar-refractivity contribution in [1.29, 1.82) is 0 Å². The summed E-state index contributed by atoms with van der Waals surface area (Å²) in [5, 5.41) is 4.49. The number of hydrogen-bond donors (Lipinski definition) is 1. The first-order valence-electron chi connectivity index (χ1n) is 6.84. The molecule has 1 aromatic carbocycles. The summed E-state index contributed by atoms with van der Waals surface area (Å²) in [6.07, 6.45) is 0.784. The second-order valence-corrected chi connectivity index (χ2v) is 4.77. The predicted molar refractivity (Wildman–Crippen MR) is 79.8 cm³/mol. The van der Waals surface area contributed by atoms with Gasteiger partial charge < -0.3 is 10.6 Å². The summed E-state index contributed by atoms with van der Waals surface area (Å²) in [4.78, 5) is 2.13. The van der Waals surface area contributed by atoms with E-state index in [9.17, 15) is 4.39 Å². The smallest absolute Gasteiger partial charge is 0.134 e. The molecule has 0 unspecified atom stereocenters. The quantitative estimate of drug-likeness (QED) is 0.913. The minimum atomic E-state index is -0.229. The Bertz CT molecular complexity index is 574. The van der Waals surface area contributed by atoms with E-state index in [1.165, 1.54) is 12.1 Å². The first-order valence-corrected chi connectivity index (χ1v) is 6.84. The van der Waals surface area contributed by atoms with Gasteiger partial charge in [0.1, 0.15) is 11.6 Å². The molecule has 1 heterocycles. The molecule has 2 rings (SSSR count). The van der Waals surface area contributed by atoms with Crippen molar-refractivity contribution in [1.82, 2.24) is 9.78 Å². The van der Waals surface area contributed by atoms with Crippen LogP contribution in [0.4, 0.5) is 15.9 Å². The highest BCUT2D eigenvalue weighted by molar-refractivity contribution is 5.64. The molecule has 0 saturated carbocycles. The van der Waals surface area contributed by atoms with Crippen LogP contribution in [0.2, 0.25) is 0 Å². The SMILES string of the molecule is CCN(c1ccc(F)cc1)c1c(CCN)c(C)nn1C. The molecule has 5 heteroatoms. The highest BCUT2D eigenvalue weighted by Gasteiger charge is 2.19. The maximum absolute atomic E-state index is 13.1. The van der Waals surface area contributed by atoms with Crippen LogP contribution < -0.4 is 10.6 Å². The van der Waals surface area contributed by atoms with Crippen molar-refractivity contribution in [2.45, 2.75) is 20.3 Å². The largest absolute Gasteiger partial charge is 0.330 e. The number of nitrogens with two attached hydrogens (primary N) is 1. The van der Waals surface area contributed by atoms with Gasteiger partial charge in [-0.05, 0) is 51.1 Å². The van der Waals surface area contributed by atoms with Gasteiger partial charge in [0.05, 0.1) is 5.69 Å². The molecule has 0 aliphatic heterocycles. The van der Waals surface area contributed by atoms with Gasteiger partial charge in [0.2, 0.25) is 0 Å². The van der Waals surface area contributed by atoms with Crippen LogP contribution in [-0.4, -0.2) is 22.9 Å². The molecule has 20 heavy (non-hydrogen) atoms. The van der Waals surface area contributed by atoms with Crippen molar-refractivity contribution in [2.75, 3.05) is 18.0 Å². The maximum atomic E-state index is 13.1. The minimum absolute atomic E-state index is 0.229. The zero-order valence-corrected chi connectivity index (χ0v) is 12.2. The molecule has 0 aliphatic carbocycles. The number of nitrogens with zero attached hydrogens (tertiary/aromatic N) is 3. The molecule has 0 bridgehead atoms. The molecule has 0 saturated heterocycles. The van der Waals surface area contributed by atoms with Crippen LogP contribution in [0, 0.1) is 12.7 Å². The van der Waals surface area contributed by atoms with Gasteiger partial charge >= 0.3 is 0 Å². The third kappa shape index (κ3) is 2.67. The average molecular weight is 276 g/mol. The fourth-order valence-corrected chi connectivity index (χ4v) is 2.54. The monoisotopic (exact) mass is 276 g/mol. The molecule has 0 amide bonds. The second kappa shape index (κ2) is 6.05. The first kappa shape index (κ1) is 14.5. The van der Waals surface area contributed by atoms with Gasteiger partial charge in [-0.2, -0.15) is 5.10 Å². The lowest BCUT2D eigenvalue weighted by Crippen LogP contribution is -2.21. The molecular weight excluding hydrogens is 255 g/mol. The summed E-state index contributed by atoms with van der Waals surface area (Å²) in [6, 6.07) is 6.52. The highest BCUT2D eigenvalue weighted by atomic mass is 19.1. The second-order valence-electron chi connectivity index (χ2n) is 4.77. The Kier molecular flexibility index (Phi) is 4.39. The molecular formula is C15H21FN4. The summed E-state index contributed by atoms with van der Waals surface area (Å²) in [5.74, 6) is 0.801. The molecule has 2 aromatic rings. The zero-order chi connectivity index (χ0) is 14.7. The Morgan fingerprint density at radius 1 is 1.30 bits per heavy atom. The van der Waals surface area contributed by atoms with Gasteiger partial charge in [-0.25, -0.2) is 4.39 Å². The van der Waals surface area contributed by atoms with Crippen LogP contribution in [0.1, 0.15) is 18.2 Å². The molecule has 0 atom stereocenters. The number of benzene rings is 1. The third-order valence-electron chi connectivity index (χ3n) is 3.42. The van der Waals surface area contributed by atoms with E-state index in [1.54, 1.807) is 12.1 Å². The fourth-order valence-electron chi connectivity index (χ4n) is 2.54. The van der Waals surface area contributed by atoms with Crippen molar-refractivity contribution in [3.8, 4) is 0 Å². The topological polar surface area (TPSA) is 47.1 Å². The van der Waals surface area contributed by atoms with Crippen LogP contribution in [0.25, 0.3) is 0 Å². The molecule has 0 aliphatic rings. The van der Waals surface area contributed by atoms with Crippen LogP contribution in [-0.2, 0) is 13.5 Å². The molecule has 0 fully saturated rings. The Labute approximate surface area is 119 Å². The average Bonchev–Trinajstić information content (AvgIpc) is 2.69. The van der Waals surface area contributed by atoms with E-state index in [1.807, 2.05) is 18.7 Å². The third-order valence-corrected chi connectivity index (χ3v) is 3.42. The Balaban J connectivity index is 2.48. The molecule has 1 aromatic heterocycles. The van der Waals surface area contributed by atoms with Gasteiger partial charge in [-0.3, -0.25) is 4.68 Å². The van der Waals surface area contributed by atoms with E-state index in [0.29, 0.717) is 6.54 Å². The number of aromatic nitrogens is 2. The van der Waals surface area contributed by atoms with Gasteiger partial charge in [0.15, 0.2) is 0 Å². The van der Waals surface area contributed by atoms with Crippen LogP contribution in [0.5, 0.6) is 0 Å². The van der Waals surface area contributed by atoms with Gasteiger partial charge in [0.25, 0.3) is 0 Å². The summed E-state index contributed by atoms with van der Waals surface area (Å²) in [6.45, 7) is 5.42. The summed E-state index contributed by atoms with van der Waals surface area (Å²) in [7, 11) is 1.93. The standard InChI is InChI=1S/C15H21FN4/c1-4-20(13-7-5-12(16)6-8-13)15-14(9-10-17)11(2)18-19(15)3/h5-8H,4,9-10,17H2,1-3H3. The summed E-state index contributed by atoms with van der Waals surface area (Å²) in [5.41, 5.74) is 8.80. The van der Waals surface area contributed by atoms with Gasteiger partial charge in [-0.15, -0.1) is 0 Å². The lowest BCUT2D eigenvalue weighted by molar-refractivity contribution is 0.627. The van der Waals surface area contributed by atoms with Gasteiger partial charge in [0, 0.05) is 24.8 Å². The Morgan fingerprint density at radius 2 is 1.95 bits per heavy atom. The molecule has 0 radical (unpaired) electrons. The minimum Gasteiger partial charge on any atom is -0.330 e. The van der Waals surface area contributed by atoms with Gasteiger partial charge in [-0.1, -0.05) is 0 Å². The van der Waals surface area contributed by atoms with Crippen molar-refractivity contribution in [2.24, 2.45) is 12.8 Å².